The van der Waals surface area contributed by atoms with Crippen LogP contribution in [0, 0.1) is 0 Å². The topological polar surface area (TPSA) is 197 Å². The highest BCUT2D eigenvalue weighted by Gasteiger charge is 2.45. The second kappa shape index (κ2) is 23.5. The van der Waals surface area contributed by atoms with Gasteiger partial charge in [0.15, 0.2) is 11.4 Å². The molecule has 2 aliphatic heterocycles. The molecule has 0 N–H and O–H groups in total. The highest BCUT2D eigenvalue weighted by Crippen LogP contribution is 2.34. The van der Waals surface area contributed by atoms with E-state index in [2.05, 4.69) is 44.3 Å². The Morgan fingerprint density at radius 2 is 1.49 bits per heavy atom. The first-order valence-electron chi connectivity index (χ1n) is 23.1. The van der Waals surface area contributed by atoms with Gasteiger partial charge in [0.25, 0.3) is 11.8 Å². The number of anilines is 1. The minimum absolute atomic E-state index is 0.0204. The number of amides is 2. The summed E-state index contributed by atoms with van der Waals surface area (Å²) in [6, 6.07) is 16.2. The molecule has 5 aromatic rings. The standard InChI is InChI=1S/C49H57N7O11/c57-37(4-2-23-67-44-7-1-6-40-46(44)49(61)56(48(40)60)42-14-12-38(58)32-43(42)59)16-24-62-26-28-64-30-31-65-29-27-63-25-21-53-17-19-54(20-18-53)36-10-8-35(9-11-36)41-33-50-45(55-34-51-52-47(41)55)15-13-39-5-3-22-66-39/h1,3,5-11,22,33-34,42H,2,4,12-21,23-32H2. The van der Waals surface area contributed by atoms with Crippen LogP contribution in [0.1, 0.15) is 70.8 Å². The van der Waals surface area contributed by atoms with Crippen molar-refractivity contribution in [3.8, 4) is 16.9 Å². The lowest BCUT2D eigenvalue weighted by atomic mass is 9.92. The molecular weight excluding hydrogens is 863 g/mol. The molecule has 3 aromatic heterocycles. The first kappa shape index (κ1) is 47.3. The van der Waals surface area contributed by atoms with Crippen molar-refractivity contribution in [2.75, 3.05) is 97.1 Å². The van der Waals surface area contributed by atoms with Gasteiger partial charge >= 0.3 is 0 Å². The summed E-state index contributed by atoms with van der Waals surface area (Å²) in [7, 11) is 0. The van der Waals surface area contributed by atoms with Gasteiger partial charge in [0.1, 0.15) is 35.2 Å². The highest BCUT2D eigenvalue weighted by molar-refractivity contribution is 6.24. The fourth-order valence-corrected chi connectivity index (χ4v) is 8.55. The minimum Gasteiger partial charge on any atom is -0.493 e. The molecule has 0 spiro atoms. The molecule has 2 aromatic carbocycles. The van der Waals surface area contributed by atoms with E-state index in [-0.39, 0.29) is 73.8 Å². The summed E-state index contributed by atoms with van der Waals surface area (Å²) in [4.78, 5) is 73.3. The van der Waals surface area contributed by atoms with Crippen molar-refractivity contribution in [2.45, 2.75) is 57.4 Å². The number of aromatic nitrogens is 4. The van der Waals surface area contributed by atoms with Crippen molar-refractivity contribution >= 4 is 40.5 Å². The Kier molecular flexibility index (Phi) is 16.6. The molecule has 1 unspecified atom stereocenters. The number of rotatable bonds is 26. The number of carbonyl (C=O) groups is 5. The number of hydrogen-bond donors (Lipinski definition) is 0. The summed E-state index contributed by atoms with van der Waals surface area (Å²) >= 11 is 0. The minimum atomic E-state index is -0.946. The molecule has 2 amide bonds. The van der Waals surface area contributed by atoms with E-state index in [1.807, 2.05) is 22.7 Å². The van der Waals surface area contributed by atoms with Crippen LogP contribution in [0.4, 0.5) is 5.69 Å². The summed E-state index contributed by atoms with van der Waals surface area (Å²) in [6.45, 7) is 8.41. The first-order chi connectivity index (χ1) is 32.8. The Hall–Kier alpha value is -6.18. The van der Waals surface area contributed by atoms with Crippen molar-refractivity contribution in [3.05, 3.63) is 96.1 Å². The molecule has 1 atom stereocenters. The predicted molar refractivity (Wildman–Crippen MR) is 243 cm³/mol. The smallest absolute Gasteiger partial charge is 0.266 e. The number of furan rings is 1. The molecule has 67 heavy (non-hydrogen) atoms. The maximum Gasteiger partial charge on any atom is 0.266 e. The monoisotopic (exact) mass is 919 g/mol. The van der Waals surface area contributed by atoms with Crippen LogP contribution in [-0.4, -0.2) is 157 Å². The van der Waals surface area contributed by atoms with Crippen LogP contribution in [0.3, 0.4) is 0 Å². The van der Waals surface area contributed by atoms with Crippen LogP contribution in [0.25, 0.3) is 16.8 Å². The number of hydrogen-bond acceptors (Lipinski definition) is 16. The number of carbonyl (C=O) groups excluding carboxylic acids is 5. The largest absolute Gasteiger partial charge is 0.493 e. The number of fused-ring (bicyclic) bond motifs is 2. The third-order valence-electron chi connectivity index (χ3n) is 12.2. The molecule has 1 saturated carbocycles. The Morgan fingerprint density at radius 1 is 0.746 bits per heavy atom. The molecule has 3 aliphatic rings. The number of piperazine rings is 1. The van der Waals surface area contributed by atoms with Gasteiger partial charge in [-0.15, -0.1) is 10.2 Å². The van der Waals surface area contributed by atoms with E-state index in [9.17, 15) is 24.0 Å². The SMILES string of the molecule is O=C(CCCOc1cccc2c1C(=O)N(C1CCC(=O)CC1=O)C2=O)CCOCCOCCOCCOCCN1CCN(c2ccc(-c3cnc(CCc4ccco4)n4cnnc34)cc2)CC1. The van der Waals surface area contributed by atoms with Gasteiger partial charge < -0.3 is 33.0 Å². The van der Waals surface area contributed by atoms with Gasteiger partial charge in [-0.05, 0) is 54.8 Å². The molecule has 354 valence electrons. The molecule has 1 saturated heterocycles. The number of ether oxygens (including phenoxy) is 5. The molecule has 18 heteroatoms. The van der Waals surface area contributed by atoms with Crippen molar-refractivity contribution < 1.29 is 52.1 Å². The van der Waals surface area contributed by atoms with Gasteiger partial charge in [0.05, 0.1) is 89.3 Å². The molecule has 1 aliphatic carbocycles. The second-order valence-corrected chi connectivity index (χ2v) is 16.7. The van der Waals surface area contributed by atoms with Crippen LogP contribution in [0.5, 0.6) is 5.75 Å². The maximum absolute atomic E-state index is 13.2. The highest BCUT2D eigenvalue weighted by atomic mass is 16.6. The average Bonchev–Trinajstić information content (AvgIpc) is 4.11. The summed E-state index contributed by atoms with van der Waals surface area (Å²) in [5.41, 5.74) is 4.26. The number of benzene rings is 2. The molecule has 8 rings (SSSR count). The van der Waals surface area contributed by atoms with Crippen LogP contribution < -0.4 is 9.64 Å². The third-order valence-corrected chi connectivity index (χ3v) is 12.2. The summed E-state index contributed by atoms with van der Waals surface area (Å²) in [6.07, 6.45) is 7.73. The molecule has 18 nitrogen and oxygen atoms in total. The fraction of sp³-hybridized carbons (Fsp3) is 0.469. The number of aryl methyl sites for hydroxylation is 2. The predicted octanol–water partition coefficient (Wildman–Crippen LogP) is 4.46. The normalized spacial score (nSPS) is 16.7. The van der Waals surface area contributed by atoms with Crippen molar-refractivity contribution in [1.82, 2.24) is 29.4 Å². The third kappa shape index (κ3) is 12.2. The van der Waals surface area contributed by atoms with Crippen LogP contribution in [0.2, 0.25) is 0 Å². The number of Topliss-reactive ketones (excluding diaryl/α,β-unsaturated/α-hetero) is 3. The maximum atomic E-state index is 13.2. The van der Waals surface area contributed by atoms with Crippen molar-refractivity contribution in [1.29, 1.82) is 0 Å². The summed E-state index contributed by atoms with van der Waals surface area (Å²) in [5, 5.41) is 8.57. The molecule has 0 radical (unpaired) electrons. The second-order valence-electron chi connectivity index (χ2n) is 16.7. The Labute approximate surface area is 388 Å². The summed E-state index contributed by atoms with van der Waals surface area (Å²) in [5.74, 6) is 0.292. The Balaban J connectivity index is 0.607. The molecule has 0 bridgehead atoms. The molecule has 2 fully saturated rings. The lowest BCUT2D eigenvalue weighted by Gasteiger charge is -2.36. The van der Waals surface area contributed by atoms with Crippen LogP contribution >= 0.6 is 0 Å². The number of ketones is 3. The lowest BCUT2D eigenvalue weighted by Crippen LogP contribution is -2.47. The zero-order valence-electron chi connectivity index (χ0n) is 37.7. The number of nitrogens with zero attached hydrogens (tertiary/aromatic N) is 7. The van der Waals surface area contributed by atoms with Gasteiger partial charge in [0, 0.05) is 82.3 Å². The zero-order valence-corrected chi connectivity index (χ0v) is 37.7. The average molecular weight is 920 g/mol. The first-order valence-corrected chi connectivity index (χ1v) is 23.1. The summed E-state index contributed by atoms with van der Waals surface area (Å²) < 4.78 is 35.8. The number of imide groups is 1. The van der Waals surface area contributed by atoms with E-state index >= 15 is 0 Å². The molecular formula is C49H57N7O11. The van der Waals surface area contributed by atoms with E-state index in [0.29, 0.717) is 52.7 Å². The van der Waals surface area contributed by atoms with Gasteiger partial charge in [-0.2, -0.15) is 0 Å². The lowest BCUT2D eigenvalue weighted by molar-refractivity contribution is -0.132. The van der Waals surface area contributed by atoms with E-state index < -0.39 is 23.6 Å². The fourth-order valence-electron chi connectivity index (χ4n) is 8.55. The molecule has 5 heterocycles. The Bertz CT molecular complexity index is 2470. The quantitative estimate of drug-likeness (QED) is 0.0428. The Morgan fingerprint density at radius 3 is 2.22 bits per heavy atom. The van der Waals surface area contributed by atoms with Gasteiger partial charge in [-0.3, -0.25) is 38.2 Å². The van der Waals surface area contributed by atoms with E-state index in [0.717, 1.165) is 78.8 Å². The van der Waals surface area contributed by atoms with Crippen LogP contribution in [-0.2, 0) is 46.2 Å². The van der Waals surface area contributed by atoms with E-state index in [4.69, 9.17) is 33.1 Å². The van der Waals surface area contributed by atoms with Crippen LogP contribution in [0.15, 0.2) is 77.8 Å². The van der Waals surface area contributed by atoms with Gasteiger partial charge in [-0.1, -0.05) is 18.2 Å². The van der Waals surface area contributed by atoms with E-state index in [1.54, 1.807) is 24.7 Å². The van der Waals surface area contributed by atoms with Crippen molar-refractivity contribution in [3.63, 3.8) is 0 Å². The van der Waals surface area contributed by atoms with Gasteiger partial charge in [0.2, 0.25) is 0 Å². The van der Waals surface area contributed by atoms with E-state index in [1.165, 1.54) is 11.8 Å². The zero-order chi connectivity index (χ0) is 46.4. The van der Waals surface area contributed by atoms with Crippen molar-refractivity contribution in [2.24, 2.45) is 0 Å². The van der Waals surface area contributed by atoms with Gasteiger partial charge in [-0.25, -0.2) is 4.98 Å².